The van der Waals surface area contributed by atoms with Crippen molar-refractivity contribution in [2.24, 2.45) is 0 Å². The summed E-state index contributed by atoms with van der Waals surface area (Å²) in [5, 5.41) is 27.6. The van der Waals surface area contributed by atoms with Crippen molar-refractivity contribution < 1.29 is 24.8 Å². The van der Waals surface area contributed by atoms with Gasteiger partial charge in [-0.25, -0.2) is 0 Å². The van der Waals surface area contributed by atoms with Crippen molar-refractivity contribution in [2.75, 3.05) is 6.61 Å². The lowest BCUT2D eigenvalue weighted by atomic mass is 10.0. The van der Waals surface area contributed by atoms with Gasteiger partial charge in [-0.05, 0) is 0 Å². The Hall–Kier alpha value is -0.200. The molecule has 0 aromatic heterocycles. The molecule has 2 rings (SSSR count). The molecule has 0 spiro atoms. The van der Waals surface area contributed by atoms with Gasteiger partial charge >= 0.3 is 0 Å². The third-order valence-electron chi connectivity index (χ3n) is 2.09. The molecule has 0 radical (unpaired) electrons. The number of aliphatic hydroxyl groups excluding tert-OH is 3. The molecule has 5 atom stereocenters. The van der Waals surface area contributed by atoms with Crippen molar-refractivity contribution in [1.82, 2.24) is 0 Å². The Morgan fingerprint density at radius 2 is 1.73 bits per heavy atom. The number of fused-ring (bicyclic) bond motifs is 2. The maximum absolute atomic E-state index is 9.22. The van der Waals surface area contributed by atoms with Crippen LogP contribution in [0.5, 0.6) is 0 Å². The molecule has 2 heterocycles. The number of aliphatic hydroxyl groups is 3. The molecule has 0 aromatic rings. The molecule has 3 N–H and O–H groups in total. The van der Waals surface area contributed by atoms with Crippen LogP contribution in [-0.4, -0.2) is 52.6 Å². The van der Waals surface area contributed by atoms with E-state index in [1.807, 2.05) is 0 Å². The van der Waals surface area contributed by atoms with Gasteiger partial charge in [0.15, 0.2) is 6.29 Å². The first-order valence-electron chi connectivity index (χ1n) is 3.51. The van der Waals surface area contributed by atoms with Crippen LogP contribution in [0.15, 0.2) is 0 Å². The van der Waals surface area contributed by atoms with E-state index < -0.39 is 30.7 Å². The molecule has 0 saturated carbocycles. The van der Waals surface area contributed by atoms with Gasteiger partial charge in [-0.15, -0.1) is 0 Å². The highest BCUT2D eigenvalue weighted by molar-refractivity contribution is 4.92. The van der Waals surface area contributed by atoms with Crippen molar-refractivity contribution in [3.05, 3.63) is 0 Å². The van der Waals surface area contributed by atoms with Crippen LogP contribution in [0.2, 0.25) is 0 Å². The van der Waals surface area contributed by atoms with Crippen molar-refractivity contribution in [3.8, 4) is 0 Å². The first-order chi connectivity index (χ1) is 5.20. The van der Waals surface area contributed by atoms with Gasteiger partial charge < -0.3 is 24.8 Å². The Labute approximate surface area is 63.2 Å². The van der Waals surface area contributed by atoms with Crippen molar-refractivity contribution in [1.29, 1.82) is 0 Å². The van der Waals surface area contributed by atoms with Gasteiger partial charge in [0.25, 0.3) is 0 Å². The second-order valence-corrected chi connectivity index (χ2v) is 2.85. The van der Waals surface area contributed by atoms with Crippen molar-refractivity contribution in [3.63, 3.8) is 0 Å². The lowest BCUT2D eigenvalue weighted by molar-refractivity contribution is -0.228. The molecule has 64 valence electrons. The quantitative estimate of drug-likeness (QED) is 0.377. The molecule has 2 saturated heterocycles. The molecular weight excluding hydrogens is 152 g/mol. The molecule has 2 bridgehead atoms. The van der Waals surface area contributed by atoms with Crippen LogP contribution in [0.1, 0.15) is 0 Å². The fourth-order valence-electron chi connectivity index (χ4n) is 1.38. The van der Waals surface area contributed by atoms with Crippen LogP contribution in [0.25, 0.3) is 0 Å². The van der Waals surface area contributed by atoms with Gasteiger partial charge in [0.05, 0.1) is 6.61 Å². The maximum atomic E-state index is 9.22. The Morgan fingerprint density at radius 1 is 1.00 bits per heavy atom. The van der Waals surface area contributed by atoms with Gasteiger partial charge in [-0.1, -0.05) is 0 Å². The van der Waals surface area contributed by atoms with Gasteiger partial charge in [-0.2, -0.15) is 0 Å². The van der Waals surface area contributed by atoms with Crippen LogP contribution in [0.3, 0.4) is 0 Å². The van der Waals surface area contributed by atoms with E-state index in [-0.39, 0.29) is 6.61 Å². The highest BCUT2D eigenvalue weighted by Gasteiger charge is 2.48. The number of hydrogen-bond acceptors (Lipinski definition) is 5. The summed E-state index contributed by atoms with van der Waals surface area (Å²) in [6.45, 7) is 0.236. The molecule has 0 amide bonds. The van der Waals surface area contributed by atoms with E-state index in [1.54, 1.807) is 0 Å². The van der Waals surface area contributed by atoms with E-state index in [0.717, 1.165) is 0 Å². The average Bonchev–Trinajstić information content (AvgIpc) is 2.44. The molecule has 2 aliphatic rings. The van der Waals surface area contributed by atoms with E-state index in [9.17, 15) is 10.2 Å². The standard InChI is InChI=1S/C6H10O5/c7-3-2-1-10-6(11-2)5(9)4(3)8/h2-9H,1H2/t2-,3-,4-,5+,6+/m1/s1. The highest BCUT2D eigenvalue weighted by atomic mass is 16.7. The zero-order valence-corrected chi connectivity index (χ0v) is 5.75. The molecule has 5 nitrogen and oxygen atoms in total. The van der Waals surface area contributed by atoms with E-state index in [1.165, 1.54) is 0 Å². The Bertz CT molecular complexity index is 141. The second kappa shape index (κ2) is 2.40. The molecule has 11 heavy (non-hydrogen) atoms. The lowest BCUT2D eigenvalue weighted by Crippen LogP contribution is -2.53. The van der Waals surface area contributed by atoms with Crippen LogP contribution in [0, 0.1) is 0 Å². The molecule has 0 aromatic carbocycles. The minimum absolute atomic E-state index is 0.236. The number of hydrogen-bond donors (Lipinski definition) is 3. The summed E-state index contributed by atoms with van der Waals surface area (Å²) in [6.07, 6.45) is -4.58. The number of ether oxygens (including phenoxy) is 2. The van der Waals surface area contributed by atoms with Crippen LogP contribution in [0.4, 0.5) is 0 Å². The van der Waals surface area contributed by atoms with E-state index in [4.69, 9.17) is 14.6 Å². The zero-order valence-electron chi connectivity index (χ0n) is 5.75. The topological polar surface area (TPSA) is 79.2 Å². The van der Waals surface area contributed by atoms with E-state index >= 15 is 0 Å². The minimum atomic E-state index is -1.15. The van der Waals surface area contributed by atoms with Crippen LogP contribution in [-0.2, 0) is 9.47 Å². The summed E-state index contributed by atoms with van der Waals surface area (Å²) < 4.78 is 9.95. The van der Waals surface area contributed by atoms with Gasteiger partial charge in [0, 0.05) is 0 Å². The average molecular weight is 162 g/mol. The normalized spacial score (nSPS) is 56.5. The first-order valence-corrected chi connectivity index (χ1v) is 3.51. The second-order valence-electron chi connectivity index (χ2n) is 2.85. The largest absolute Gasteiger partial charge is 0.387 e. The van der Waals surface area contributed by atoms with Gasteiger partial charge in [0.2, 0.25) is 0 Å². The number of rotatable bonds is 0. The monoisotopic (exact) mass is 162 g/mol. The fraction of sp³-hybridized carbons (Fsp3) is 1.00. The van der Waals surface area contributed by atoms with Gasteiger partial charge in [-0.3, -0.25) is 0 Å². The lowest BCUT2D eigenvalue weighted by Gasteiger charge is -2.32. The molecule has 2 aliphatic heterocycles. The summed E-state index contributed by atoms with van der Waals surface area (Å²) in [4.78, 5) is 0. The third-order valence-corrected chi connectivity index (χ3v) is 2.09. The predicted octanol–water partition coefficient (Wildman–Crippen LogP) is -2.18. The molecule has 5 heteroatoms. The van der Waals surface area contributed by atoms with Crippen LogP contribution >= 0.6 is 0 Å². The molecular formula is C6H10O5. The summed E-state index contributed by atoms with van der Waals surface area (Å²) in [5.74, 6) is 0. The smallest absolute Gasteiger partial charge is 0.186 e. The molecule has 0 unspecified atom stereocenters. The Morgan fingerprint density at radius 3 is 2.45 bits per heavy atom. The minimum Gasteiger partial charge on any atom is -0.387 e. The van der Waals surface area contributed by atoms with Crippen LogP contribution < -0.4 is 0 Å². The predicted molar refractivity (Wildman–Crippen MR) is 32.6 cm³/mol. The molecule has 2 fully saturated rings. The zero-order chi connectivity index (χ0) is 8.01. The van der Waals surface area contributed by atoms with Crippen molar-refractivity contribution in [2.45, 2.75) is 30.7 Å². The van der Waals surface area contributed by atoms with Gasteiger partial charge in [0.1, 0.15) is 24.4 Å². The first kappa shape index (κ1) is 7.45. The SMILES string of the molecule is O[C@H]1[C@H](O)[C@H]2OC[C@@H](O2)[C@H]1O. The third kappa shape index (κ3) is 0.969. The van der Waals surface area contributed by atoms with E-state index in [2.05, 4.69) is 0 Å². The fourth-order valence-corrected chi connectivity index (χ4v) is 1.38. The summed E-state index contributed by atoms with van der Waals surface area (Å²) in [7, 11) is 0. The summed E-state index contributed by atoms with van der Waals surface area (Å²) >= 11 is 0. The highest BCUT2D eigenvalue weighted by Crippen LogP contribution is 2.27. The maximum Gasteiger partial charge on any atom is 0.186 e. The Kier molecular flexibility index (Phi) is 1.62. The molecule has 0 aliphatic carbocycles. The summed E-state index contributed by atoms with van der Waals surface area (Å²) in [6, 6.07) is 0. The summed E-state index contributed by atoms with van der Waals surface area (Å²) in [5.41, 5.74) is 0. The van der Waals surface area contributed by atoms with Crippen molar-refractivity contribution >= 4 is 0 Å². The Balaban J connectivity index is 2.16. The van der Waals surface area contributed by atoms with E-state index in [0.29, 0.717) is 0 Å².